The van der Waals surface area contributed by atoms with E-state index in [0.29, 0.717) is 0 Å². The van der Waals surface area contributed by atoms with Gasteiger partial charge in [0.25, 0.3) is 0 Å². The summed E-state index contributed by atoms with van der Waals surface area (Å²) in [5.74, 6) is 0. The number of rotatable bonds is 2. The molecule has 0 saturated heterocycles. The largest absolute Gasteiger partial charge is 0.464 e. The van der Waals surface area contributed by atoms with E-state index in [4.69, 9.17) is 4.42 Å². The lowest BCUT2D eigenvalue weighted by Gasteiger charge is -2.18. The SMILES string of the molecule is CCC1=C(c2ccc(C)c3occc23)N2CCN=C2S1. The maximum Gasteiger partial charge on any atom is 0.168 e. The molecule has 0 unspecified atom stereocenters. The number of thioether (sulfide) groups is 1. The molecule has 4 rings (SSSR count). The number of furan rings is 1. The molecule has 0 aliphatic carbocycles. The highest BCUT2D eigenvalue weighted by Crippen LogP contribution is 2.45. The van der Waals surface area contributed by atoms with E-state index in [1.54, 1.807) is 6.26 Å². The van der Waals surface area contributed by atoms with Gasteiger partial charge in [0, 0.05) is 22.4 Å². The van der Waals surface area contributed by atoms with Gasteiger partial charge in [0.15, 0.2) is 5.17 Å². The fourth-order valence-corrected chi connectivity index (χ4v) is 4.10. The first kappa shape index (κ1) is 12.1. The Bertz CT molecular complexity index is 757. The normalized spacial score (nSPS) is 18.1. The Labute approximate surface area is 122 Å². The third-order valence-electron chi connectivity index (χ3n) is 3.94. The van der Waals surface area contributed by atoms with Gasteiger partial charge in [0.05, 0.1) is 18.5 Å². The molecule has 20 heavy (non-hydrogen) atoms. The van der Waals surface area contributed by atoms with Crippen molar-refractivity contribution in [1.82, 2.24) is 4.90 Å². The lowest BCUT2D eigenvalue weighted by Crippen LogP contribution is -2.20. The molecular weight excluding hydrogens is 268 g/mol. The molecule has 0 N–H and O–H groups in total. The van der Waals surface area contributed by atoms with Crippen LogP contribution in [0.1, 0.15) is 24.5 Å². The van der Waals surface area contributed by atoms with E-state index < -0.39 is 0 Å². The average Bonchev–Trinajstić information content (AvgIpc) is 3.14. The monoisotopic (exact) mass is 284 g/mol. The van der Waals surface area contributed by atoms with Crippen molar-refractivity contribution < 1.29 is 4.42 Å². The predicted molar refractivity (Wildman–Crippen MR) is 84.8 cm³/mol. The van der Waals surface area contributed by atoms with Gasteiger partial charge in [-0.1, -0.05) is 30.8 Å². The molecule has 0 spiro atoms. The minimum atomic E-state index is 0.906. The first-order valence-corrected chi connectivity index (χ1v) is 7.81. The molecule has 2 aromatic rings. The Morgan fingerprint density at radius 2 is 2.25 bits per heavy atom. The molecule has 4 heteroatoms. The van der Waals surface area contributed by atoms with Crippen LogP contribution < -0.4 is 0 Å². The summed E-state index contributed by atoms with van der Waals surface area (Å²) < 4.78 is 5.65. The van der Waals surface area contributed by atoms with Crippen molar-refractivity contribution in [3.63, 3.8) is 0 Å². The summed E-state index contributed by atoms with van der Waals surface area (Å²) in [6.07, 6.45) is 2.83. The predicted octanol–water partition coefficient (Wildman–Crippen LogP) is 4.24. The highest BCUT2D eigenvalue weighted by Gasteiger charge is 2.33. The molecule has 0 saturated carbocycles. The second kappa shape index (κ2) is 4.42. The standard InChI is InChI=1S/C16H16N2OS/c1-3-13-14(18-8-7-17-16(18)20-13)11-5-4-10(2)15-12(11)6-9-19-15/h4-6,9H,3,7-8H2,1-2H3. The second-order valence-corrected chi connectivity index (χ2v) is 6.20. The fourth-order valence-electron chi connectivity index (χ4n) is 2.97. The highest BCUT2D eigenvalue weighted by molar-refractivity contribution is 8.17. The van der Waals surface area contributed by atoms with Crippen LogP contribution in [0.15, 0.2) is 38.8 Å². The van der Waals surface area contributed by atoms with Crippen LogP contribution in [0.3, 0.4) is 0 Å². The number of benzene rings is 1. The van der Waals surface area contributed by atoms with Crippen molar-refractivity contribution in [1.29, 1.82) is 0 Å². The van der Waals surface area contributed by atoms with E-state index in [2.05, 4.69) is 41.9 Å². The Kier molecular flexibility index (Phi) is 2.67. The zero-order chi connectivity index (χ0) is 13.7. The molecule has 0 fully saturated rings. The van der Waals surface area contributed by atoms with Gasteiger partial charge in [-0.05, 0) is 25.0 Å². The third kappa shape index (κ3) is 1.57. The van der Waals surface area contributed by atoms with Gasteiger partial charge in [-0.2, -0.15) is 0 Å². The summed E-state index contributed by atoms with van der Waals surface area (Å²) in [7, 11) is 0. The molecule has 2 aliphatic rings. The van der Waals surface area contributed by atoms with Crippen molar-refractivity contribution in [3.05, 3.63) is 40.5 Å². The van der Waals surface area contributed by atoms with Crippen molar-refractivity contribution in [2.45, 2.75) is 20.3 Å². The van der Waals surface area contributed by atoms with Crippen molar-refractivity contribution in [2.24, 2.45) is 4.99 Å². The van der Waals surface area contributed by atoms with Gasteiger partial charge in [0.1, 0.15) is 5.58 Å². The van der Waals surface area contributed by atoms with Gasteiger partial charge in [0.2, 0.25) is 0 Å². The number of aryl methyl sites for hydroxylation is 1. The van der Waals surface area contributed by atoms with Crippen LogP contribution in [0, 0.1) is 6.92 Å². The summed E-state index contributed by atoms with van der Waals surface area (Å²) in [4.78, 5) is 8.37. The van der Waals surface area contributed by atoms with Crippen LogP contribution in [-0.4, -0.2) is 23.2 Å². The molecule has 0 atom stereocenters. The Morgan fingerprint density at radius 1 is 1.35 bits per heavy atom. The molecular formula is C16H16N2OS. The summed E-state index contributed by atoms with van der Waals surface area (Å²) in [5, 5.41) is 2.37. The van der Waals surface area contributed by atoms with Gasteiger partial charge < -0.3 is 9.32 Å². The summed E-state index contributed by atoms with van der Waals surface area (Å²) >= 11 is 1.82. The second-order valence-electron chi connectivity index (χ2n) is 5.14. The Hall–Kier alpha value is -1.68. The van der Waals surface area contributed by atoms with Crippen molar-refractivity contribution in [2.75, 3.05) is 13.1 Å². The van der Waals surface area contributed by atoms with Gasteiger partial charge in [-0.15, -0.1) is 0 Å². The molecule has 0 amide bonds. The number of nitrogens with zero attached hydrogens (tertiary/aromatic N) is 2. The van der Waals surface area contributed by atoms with Crippen LogP contribution >= 0.6 is 11.8 Å². The number of hydrogen-bond acceptors (Lipinski definition) is 4. The van der Waals surface area contributed by atoms with Crippen LogP contribution in [-0.2, 0) is 0 Å². The number of hydrogen-bond donors (Lipinski definition) is 0. The molecule has 102 valence electrons. The zero-order valence-electron chi connectivity index (χ0n) is 11.6. The number of amidine groups is 1. The minimum Gasteiger partial charge on any atom is -0.464 e. The molecule has 0 bridgehead atoms. The Morgan fingerprint density at radius 3 is 3.10 bits per heavy atom. The van der Waals surface area contributed by atoms with E-state index in [-0.39, 0.29) is 0 Å². The lowest BCUT2D eigenvalue weighted by molar-refractivity contribution is 0.613. The maximum atomic E-state index is 5.65. The number of fused-ring (bicyclic) bond motifs is 2. The lowest BCUT2D eigenvalue weighted by atomic mass is 10.0. The fraction of sp³-hybridized carbons (Fsp3) is 0.312. The zero-order valence-corrected chi connectivity index (χ0v) is 12.5. The topological polar surface area (TPSA) is 28.7 Å². The molecule has 3 nitrogen and oxygen atoms in total. The van der Waals surface area contributed by atoms with Crippen LogP contribution in [0.25, 0.3) is 16.7 Å². The third-order valence-corrected chi connectivity index (χ3v) is 5.20. The van der Waals surface area contributed by atoms with Crippen molar-refractivity contribution >= 4 is 33.6 Å². The summed E-state index contributed by atoms with van der Waals surface area (Å²) in [6, 6.07) is 6.45. The quantitative estimate of drug-likeness (QED) is 0.826. The smallest absolute Gasteiger partial charge is 0.168 e. The summed E-state index contributed by atoms with van der Waals surface area (Å²) in [6.45, 7) is 6.21. The number of allylic oxidation sites excluding steroid dienone is 1. The van der Waals surface area contributed by atoms with Crippen LogP contribution in [0.5, 0.6) is 0 Å². The highest BCUT2D eigenvalue weighted by atomic mass is 32.2. The van der Waals surface area contributed by atoms with Crippen LogP contribution in [0.4, 0.5) is 0 Å². The molecule has 1 aromatic carbocycles. The van der Waals surface area contributed by atoms with Crippen LogP contribution in [0.2, 0.25) is 0 Å². The van der Waals surface area contributed by atoms with Crippen molar-refractivity contribution in [3.8, 4) is 0 Å². The average molecular weight is 284 g/mol. The molecule has 2 aliphatic heterocycles. The Balaban J connectivity index is 1.96. The molecule has 1 aromatic heterocycles. The summed E-state index contributed by atoms with van der Waals surface area (Å²) in [5.41, 5.74) is 4.80. The van der Waals surface area contributed by atoms with Gasteiger partial charge in [-0.25, -0.2) is 0 Å². The molecule has 3 heterocycles. The van der Waals surface area contributed by atoms with Gasteiger partial charge in [-0.3, -0.25) is 4.99 Å². The maximum absolute atomic E-state index is 5.65. The van der Waals surface area contributed by atoms with E-state index >= 15 is 0 Å². The first-order chi connectivity index (χ1) is 9.79. The first-order valence-electron chi connectivity index (χ1n) is 6.99. The van der Waals surface area contributed by atoms with E-state index in [1.165, 1.54) is 27.1 Å². The van der Waals surface area contributed by atoms with Gasteiger partial charge >= 0.3 is 0 Å². The van der Waals surface area contributed by atoms with E-state index in [1.807, 2.05) is 11.8 Å². The van der Waals surface area contributed by atoms with E-state index in [0.717, 1.165) is 30.3 Å². The number of aliphatic imine (C=N–C) groups is 1. The van der Waals surface area contributed by atoms with E-state index in [9.17, 15) is 0 Å². The minimum absolute atomic E-state index is 0.906. The molecule has 0 radical (unpaired) electrons.